The third kappa shape index (κ3) is 1.76. The monoisotopic (exact) mass is 261 g/mol. The highest BCUT2D eigenvalue weighted by atomic mass is 32.2. The van der Waals surface area contributed by atoms with Crippen LogP contribution in [0, 0.1) is 0 Å². The van der Waals surface area contributed by atoms with E-state index < -0.39 is 5.97 Å². The number of para-hydroxylation sites is 2. The molecule has 0 spiro atoms. The number of aromatic nitrogens is 5. The number of hydrogen-bond acceptors (Lipinski definition) is 6. The maximum Gasteiger partial charge on any atom is 0.313 e. The second-order valence-electron chi connectivity index (χ2n) is 3.50. The highest BCUT2D eigenvalue weighted by Gasteiger charge is 2.12. The summed E-state index contributed by atoms with van der Waals surface area (Å²) in [6, 6.07) is 7.42. The minimum Gasteiger partial charge on any atom is -0.481 e. The van der Waals surface area contributed by atoms with Crippen LogP contribution < -0.4 is 0 Å². The quantitative estimate of drug-likeness (QED) is 0.698. The Kier molecular flexibility index (Phi) is 2.56. The summed E-state index contributed by atoms with van der Waals surface area (Å²) in [6.45, 7) is 0. The highest BCUT2D eigenvalue weighted by Crippen LogP contribution is 2.23. The van der Waals surface area contributed by atoms with Crippen molar-refractivity contribution in [3.8, 4) is 0 Å². The van der Waals surface area contributed by atoms with Crippen LogP contribution in [0.4, 0.5) is 0 Å². The van der Waals surface area contributed by atoms with Gasteiger partial charge in [0.1, 0.15) is 5.03 Å². The summed E-state index contributed by atoms with van der Waals surface area (Å²) in [5.41, 5.74) is 1.99. The first-order valence-corrected chi connectivity index (χ1v) is 6.06. The lowest BCUT2D eigenvalue weighted by Crippen LogP contribution is -2.01. The van der Waals surface area contributed by atoms with Crippen molar-refractivity contribution < 1.29 is 9.90 Å². The second kappa shape index (κ2) is 4.22. The van der Waals surface area contributed by atoms with Gasteiger partial charge in [0, 0.05) is 0 Å². The van der Waals surface area contributed by atoms with E-state index in [9.17, 15) is 4.79 Å². The summed E-state index contributed by atoms with van der Waals surface area (Å²) < 4.78 is 1.56. The molecule has 3 aromatic rings. The number of thioether (sulfide) groups is 1. The number of hydrogen-bond donors (Lipinski definition) is 1. The summed E-state index contributed by atoms with van der Waals surface area (Å²) in [6.07, 6.45) is 0. The molecule has 0 aliphatic heterocycles. The van der Waals surface area contributed by atoms with E-state index in [0.29, 0.717) is 10.7 Å². The zero-order chi connectivity index (χ0) is 12.5. The van der Waals surface area contributed by atoms with Gasteiger partial charge in [-0.05, 0) is 22.6 Å². The number of tetrazole rings is 1. The van der Waals surface area contributed by atoms with Crippen molar-refractivity contribution in [3.63, 3.8) is 0 Å². The molecular weight excluding hydrogens is 254 g/mol. The molecule has 0 saturated carbocycles. The van der Waals surface area contributed by atoms with Gasteiger partial charge in [-0.3, -0.25) is 4.79 Å². The van der Waals surface area contributed by atoms with E-state index >= 15 is 0 Å². The summed E-state index contributed by atoms with van der Waals surface area (Å²) in [5.74, 6) is -0.978. The van der Waals surface area contributed by atoms with E-state index in [4.69, 9.17) is 5.11 Å². The van der Waals surface area contributed by atoms with Crippen LogP contribution in [-0.2, 0) is 4.79 Å². The number of nitrogens with zero attached hydrogens (tertiary/aromatic N) is 5. The van der Waals surface area contributed by atoms with Crippen LogP contribution >= 0.6 is 11.8 Å². The Labute approximate surface area is 105 Å². The molecule has 18 heavy (non-hydrogen) atoms. The molecule has 1 N–H and O–H groups in total. The second-order valence-corrected chi connectivity index (χ2v) is 4.47. The lowest BCUT2D eigenvalue weighted by Gasteiger charge is -2.03. The van der Waals surface area contributed by atoms with Gasteiger partial charge in [-0.1, -0.05) is 23.9 Å². The van der Waals surface area contributed by atoms with Gasteiger partial charge in [-0.2, -0.15) is 4.52 Å². The number of rotatable bonds is 3. The molecule has 1 aromatic carbocycles. The SMILES string of the molecule is O=C(O)CSc1nc2ccccc2n2nnnc12. The predicted molar refractivity (Wildman–Crippen MR) is 64.4 cm³/mol. The molecule has 2 heterocycles. The van der Waals surface area contributed by atoms with Crippen LogP contribution in [-0.4, -0.2) is 41.9 Å². The molecule has 90 valence electrons. The molecule has 3 rings (SSSR count). The first-order chi connectivity index (χ1) is 8.75. The average molecular weight is 261 g/mol. The first kappa shape index (κ1) is 10.9. The molecular formula is C10H7N5O2S. The minimum atomic E-state index is -0.902. The number of benzene rings is 1. The van der Waals surface area contributed by atoms with Gasteiger partial charge in [0.2, 0.25) is 5.65 Å². The molecule has 0 aliphatic carbocycles. The van der Waals surface area contributed by atoms with Gasteiger partial charge in [-0.15, -0.1) is 5.10 Å². The molecule has 2 aromatic heterocycles. The van der Waals surface area contributed by atoms with Crippen molar-refractivity contribution in [2.24, 2.45) is 0 Å². The number of carbonyl (C=O) groups is 1. The van der Waals surface area contributed by atoms with E-state index in [1.807, 2.05) is 24.3 Å². The van der Waals surface area contributed by atoms with E-state index in [0.717, 1.165) is 22.8 Å². The third-order valence-electron chi connectivity index (χ3n) is 2.33. The highest BCUT2D eigenvalue weighted by molar-refractivity contribution is 8.00. The zero-order valence-corrected chi connectivity index (χ0v) is 9.83. The molecule has 0 saturated heterocycles. The summed E-state index contributed by atoms with van der Waals surface area (Å²) in [7, 11) is 0. The Hall–Kier alpha value is -2.22. The number of fused-ring (bicyclic) bond motifs is 3. The van der Waals surface area contributed by atoms with Crippen molar-refractivity contribution in [1.82, 2.24) is 25.0 Å². The Morgan fingerprint density at radius 2 is 2.22 bits per heavy atom. The Morgan fingerprint density at radius 1 is 1.39 bits per heavy atom. The fourth-order valence-electron chi connectivity index (χ4n) is 1.61. The van der Waals surface area contributed by atoms with E-state index in [1.165, 1.54) is 0 Å². The minimum absolute atomic E-state index is 0.0755. The summed E-state index contributed by atoms with van der Waals surface area (Å²) >= 11 is 1.10. The van der Waals surface area contributed by atoms with Crippen molar-refractivity contribution in [2.45, 2.75) is 5.03 Å². The Bertz CT molecular complexity index is 741. The van der Waals surface area contributed by atoms with Crippen molar-refractivity contribution in [2.75, 3.05) is 5.75 Å². The zero-order valence-electron chi connectivity index (χ0n) is 9.02. The van der Waals surface area contributed by atoms with Gasteiger partial charge < -0.3 is 5.11 Å². The lowest BCUT2D eigenvalue weighted by molar-refractivity contribution is -0.133. The van der Waals surface area contributed by atoms with Crippen molar-refractivity contribution in [1.29, 1.82) is 0 Å². The van der Waals surface area contributed by atoms with E-state index in [2.05, 4.69) is 20.5 Å². The largest absolute Gasteiger partial charge is 0.481 e. The van der Waals surface area contributed by atoms with Gasteiger partial charge in [0.25, 0.3) is 0 Å². The standard InChI is InChI=1S/C10H7N5O2S/c16-8(17)5-18-10-9-12-13-14-15(9)7-4-2-1-3-6(7)11-10/h1-4H,5H2,(H,16,17). The third-order valence-corrected chi connectivity index (χ3v) is 3.26. The Balaban J connectivity index is 2.22. The van der Waals surface area contributed by atoms with E-state index in [1.54, 1.807) is 4.52 Å². The molecule has 7 nitrogen and oxygen atoms in total. The predicted octanol–water partition coefficient (Wildman–Crippen LogP) is 0.849. The van der Waals surface area contributed by atoms with Gasteiger partial charge in [0.15, 0.2) is 0 Å². The number of carboxylic acid groups (broad SMARTS) is 1. The van der Waals surface area contributed by atoms with Crippen LogP contribution in [0.3, 0.4) is 0 Å². The first-order valence-electron chi connectivity index (χ1n) is 5.07. The molecule has 0 atom stereocenters. The van der Waals surface area contributed by atoms with Gasteiger partial charge >= 0.3 is 5.97 Å². The summed E-state index contributed by atoms with van der Waals surface area (Å²) in [4.78, 5) is 15.0. The maximum atomic E-state index is 10.6. The molecule has 0 bridgehead atoms. The fraction of sp³-hybridized carbons (Fsp3) is 0.100. The normalized spacial score (nSPS) is 11.1. The number of aliphatic carboxylic acids is 1. The molecule has 0 fully saturated rings. The molecule has 0 amide bonds. The molecule has 0 radical (unpaired) electrons. The van der Waals surface area contributed by atoms with Crippen molar-refractivity contribution >= 4 is 34.4 Å². The van der Waals surface area contributed by atoms with Crippen LogP contribution in [0.15, 0.2) is 29.3 Å². The fourth-order valence-corrected chi connectivity index (χ4v) is 2.29. The van der Waals surface area contributed by atoms with Crippen LogP contribution in [0.1, 0.15) is 0 Å². The lowest BCUT2D eigenvalue weighted by atomic mass is 10.3. The van der Waals surface area contributed by atoms with Crippen LogP contribution in [0.5, 0.6) is 0 Å². The topological polar surface area (TPSA) is 93.3 Å². The molecule has 0 unspecified atom stereocenters. The molecule has 8 heteroatoms. The van der Waals surface area contributed by atoms with E-state index in [-0.39, 0.29) is 5.75 Å². The van der Waals surface area contributed by atoms with Crippen LogP contribution in [0.2, 0.25) is 0 Å². The smallest absolute Gasteiger partial charge is 0.313 e. The number of carboxylic acids is 1. The average Bonchev–Trinajstić information content (AvgIpc) is 2.85. The van der Waals surface area contributed by atoms with Crippen molar-refractivity contribution in [3.05, 3.63) is 24.3 Å². The summed E-state index contributed by atoms with van der Waals surface area (Å²) in [5, 5.41) is 20.6. The molecule has 0 aliphatic rings. The van der Waals surface area contributed by atoms with Gasteiger partial charge in [-0.25, -0.2) is 4.98 Å². The van der Waals surface area contributed by atoms with Gasteiger partial charge in [0.05, 0.1) is 16.8 Å². The Morgan fingerprint density at radius 3 is 3.06 bits per heavy atom. The maximum absolute atomic E-state index is 10.6. The van der Waals surface area contributed by atoms with Crippen LogP contribution in [0.25, 0.3) is 16.7 Å².